The van der Waals surface area contributed by atoms with Crippen LogP contribution in [-0.2, 0) is 14.8 Å². The maximum Gasteiger partial charge on any atom is 0.243 e. The van der Waals surface area contributed by atoms with Crippen LogP contribution in [0.1, 0.15) is 25.3 Å². The number of carbonyl (C=O) groups is 1. The highest BCUT2D eigenvalue weighted by atomic mass is 32.2. The van der Waals surface area contributed by atoms with Crippen molar-refractivity contribution >= 4 is 15.9 Å². The van der Waals surface area contributed by atoms with Gasteiger partial charge in [-0.1, -0.05) is 0 Å². The van der Waals surface area contributed by atoms with E-state index in [0.717, 1.165) is 5.56 Å². The van der Waals surface area contributed by atoms with Gasteiger partial charge in [-0.3, -0.25) is 4.79 Å². The second-order valence-corrected chi connectivity index (χ2v) is 7.61. The first-order chi connectivity index (χ1) is 10.9. The predicted octanol–water partition coefficient (Wildman–Crippen LogP) is 1.54. The van der Waals surface area contributed by atoms with Crippen molar-refractivity contribution in [3.8, 4) is 5.75 Å². The van der Waals surface area contributed by atoms with Crippen LogP contribution in [0.5, 0.6) is 5.75 Å². The number of nitrogens with one attached hydrogen (secondary N) is 1. The smallest absolute Gasteiger partial charge is 0.243 e. The van der Waals surface area contributed by atoms with Crippen LogP contribution in [0.2, 0.25) is 0 Å². The minimum atomic E-state index is -3.59. The second-order valence-electron chi connectivity index (χ2n) is 5.68. The van der Waals surface area contributed by atoms with Gasteiger partial charge in [0.2, 0.25) is 15.9 Å². The SMILES string of the molecule is CCOc1ccc(S(=O)(=O)N2CCCC(C(=O)NC)C2)cc1C. The Morgan fingerprint density at radius 3 is 2.78 bits per heavy atom. The number of carbonyl (C=O) groups excluding carboxylic acids is 1. The fourth-order valence-corrected chi connectivity index (χ4v) is 4.44. The first-order valence-electron chi connectivity index (χ1n) is 7.85. The summed E-state index contributed by atoms with van der Waals surface area (Å²) in [6.45, 7) is 4.92. The van der Waals surface area contributed by atoms with E-state index in [1.165, 1.54) is 4.31 Å². The van der Waals surface area contributed by atoms with Crippen molar-refractivity contribution in [1.29, 1.82) is 0 Å². The number of sulfonamides is 1. The van der Waals surface area contributed by atoms with Gasteiger partial charge in [-0.25, -0.2) is 8.42 Å². The zero-order valence-electron chi connectivity index (χ0n) is 13.8. The average Bonchev–Trinajstić information content (AvgIpc) is 2.56. The number of nitrogens with zero attached hydrogens (tertiary/aromatic N) is 1. The summed E-state index contributed by atoms with van der Waals surface area (Å²) in [6, 6.07) is 4.88. The summed E-state index contributed by atoms with van der Waals surface area (Å²) in [5.41, 5.74) is 0.785. The molecule has 1 aromatic rings. The molecule has 0 aliphatic carbocycles. The summed E-state index contributed by atoms with van der Waals surface area (Å²) in [5, 5.41) is 2.60. The minimum Gasteiger partial charge on any atom is -0.494 e. The molecule has 1 atom stereocenters. The average molecular weight is 340 g/mol. The molecule has 0 radical (unpaired) electrons. The number of piperidine rings is 1. The predicted molar refractivity (Wildman–Crippen MR) is 87.9 cm³/mol. The van der Waals surface area contributed by atoms with Gasteiger partial charge in [-0.2, -0.15) is 4.31 Å². The zero-order chi connectivity index (χ0) is 17.0. The van der Waals surface area contributed by atoms with Gasteiger partial charge >= 0.3 is 0 Å². The lowest BCUT2D eigenvalue weighted by Crippen LogP contribution is -2.44. The summed E-state index contributed by atoms with van der Waals surface area (Å²) in [5.74, 6) is 0.299. The van der Waals surface area contributed by atoms with E-state index >= 15 is 0 Å². The molecule has 7 heteroatoms. The lowest BCUT2D eigenvalue weighted by molar-refractivity contribution is -0.125. The molecule has 0 spiro atoms. The normalized spacial score (nSPS) is 19.3. The first-order valence-corrected chi connectivity index (χ1v) is 9.29. The highest BCUT2D eigenvalue weighted by Crippen LogP contribution is 2.27. The van der Waals surface area contributed by atoms with Crippen molar-refractivity contribution in [2.45, 2.75) is 31.6 Å². The van der Waals surface area contributed by atoms with Crippen LogP contribution in [0, 0.1) is 12.8 Å². The molecule has 128 valence electrons. The van der Waals surface area contributed by atoms with Gasteiger partial charge in [-0.05, 0) is 50.5 Å². The Morgan fingerprint density at radius 1 is 1.43 bits per heavy atom. The molecule has 0 aromatic heterocycles. The Morgan fingerprint density at radius 2 is 2.17 bits per heavy atom. The summed E-state index contributed by atoms with van der Waals surface area (Å²) in [7, 11) is -2.02. The van der Waals surface area contributed by atoms with Crippen molar-refractivity contribution in [2.75, 3.05) is 26.7 Å². The molecule has 1 fully saturated rings. The molecule has 1 N–H and O–H groups in total. The van der Waals surface area contributed by atoms with Crippen molar-refractivity contribution in [3.05, 3.63) is 23.8 Å². The van der Waals surface area contributed by atoms with Crippen LogP contribution in [0.15, 0.2) is 23.1 Å². The fourth-order valence-electron chi connectivity index (χ4n) is 2.83. The number of amides is 1. The molecular weight excluding hydrogens is 316 g/mol. The van der Waals surface area contributed by atoms with E-state index in [1.54, 1.807) is 25.2 Å². The third-order valence-electron chi connectivity index (χ3n) is 4.09. The van der Waals surface area contributed by atoms with Crippen molar-refractivity contribution in [3.63, 3.8) is 0 Å². The van der Waals surface area contributed by atoms with Gasteiger partial charge in [-0.15, -0.1) is 0 Å². The van der Waals surface area contributed by atoms with Gasteiger partial charge < -0.3 is 10.1 Å². The van der Waals surface area contributed by atoms with E-state index in [2.05, 4.69) is 5.32 Å². The summed E-state index contributed by atoms with van der Waals surface area (Å²) in [4.78, 5) is 12.0. The van der Waals surface area contributed by atoms with Crippen molar-refractivity contribution in [2.24, 2.45) is 5.92 Å². The number of aryl methyl sites for hydroxylation is 1. The Labute approximate surface area is 137 Å². The third-order valence-corrected chi connectivity index (χ3v) is 5.95. The molecule has 2 rings (SSSR count). The Balaban J connectivity index is 2.24. The number of ether oxygens (including phenoxy) is 1. The van der Waals surface area contributed by atoms with Gasteiger partial charge in [0, 0.05) is 20.1 Å². The van der Waals surface area contributed by atoms with E-state index in [9.17, 15) is 13.2 Å². The molecule has 1 saturated heterocycles. The van der Waals surface area contributed by atoms with Gasteiger partial charge in [0.25, 0.3) is 0 Å². The van der Waals surface area contributed by atoms with Gasteiger partial charge in [0.15, 0.2) is 0 Å². The topological polar surface area (TPSA) is 75.7 Å². The Kier molecular flexibility index (Phi) is 5.64. The fraction of sp³-hybridized carbons (Fsp3) is 0.562. The van der Waals surface area contributed by atoms with E-state index in [-0.39, 0.29) is 23.3 Å². The van der Waals surface area contributed by atoms with E-state index in [1.807, 2.05) is 13.8 Å². The zero-order valence-corrected chi connectivity index (χ0v) is 14.6. The quantitative estimate of drug-likeness (QED) is 0.882. The maximum absolute atomic E-state index is 12.8. The van der Waals surface area contributed by atoms with Crippen LogP contribution in [0.3, 0.4) is 0 Å². The molecule has 1 heterocycles. The Hall–Kier alpha value is -1.60. The number of hydrogen-bond donors (Lipinski definition) is 1. The lowest BCUT2D eigenvalue weighted by atomic mass is 9.99. The minimum absolute atomic E-state index is 0.104. The summed E-state index contributed by atoms with van der Waals surface area (Å²) >= 11 is 0. The number of benzene rings is 1. The molecule has 1 amide bonds. The van der Waals surface area contributed by atoms with Crippen molar-refractivity contribution < 1.29 is 17.9 Å². The van der Waals surface area contributed by atoms with Gasteiger partial charge in [0.1, 0.15) is 5.75 Å². The molecule has 1 aromatic carbocycles. The molecule has 1 aliphatic heterocycles. The molecule has 1 aliphatic rings. The van der Waals surface area contributed by atoms with Crippen molar-refractivity contribution in [1.82, 2.24) is 9.62 Å². The van der Waals surface area contributed by atoms with E-state index in [0.29, 0.717) is 31.7 Å². The monoisotopic (exact) mass is 340 g/mol. The molecule has 0 saturated carbocycles. The van der Waals surface area contributed by atoms with Crippen LogP contribution < -0.4 is 10.1 Å². The van der Waals surface area contributed by atoms with Gasteiger partial charge in [0.05, 0.1) is 17.4 Å². The Bertz CT molecular complexity index is 673. The van der Waals surface area contributed by atoms with E-state index in [4.69, 9.17) is 4.74 Å². The molecule has 1 unspecified atom stereocenters. The number of rotatable bonds is 5. The summed E-state index contributed by atoms with van der Waals surface area (Å²) < 4.78 is 32.5. The molecular formula is C16H24N2O4S. The van der Waals surface area contributed by atoms with Crippen LogP contribution in [-0.4, -0.2) is 45.4 Å². The van der Waals surface area contributed by atoms with Crippen LogP contribution in [0.4, 0.5) is 0 Å². The maximum atomic E-state index is 12.8. The lowest BCUT2D eigenvalue weighted by Gasteiger charge is -2.31. The van der Waals surface area contributed by atoms with Crippen LogP contribution >= 0.6 is 0 Å². The first kappa shape index (κ1) is 17.7. The van der Waals surface area contributed by atoms with Crippen LogP contribution in [0.25, 0.3) is 0 Å². The highest BCUT2D eigenvalue weighted by molar-refractivity contribution is 7.89. The standard InChI is InChI=1S/C16H24N2O4S/c1-4-22-15-8-7-14(10-12(15)2)23(20,21)18-9-5-6-13(11-18)16(19)17-3/h7-8,10,13H,4-6,9,11H2,1-3H3,(H,17,19). The second kappa shape index (κ2) is 7.31. The largest absolute Gasteiger partial charge is 0.494 e. The number of hydrogen-bond acceptors (Lipinski definition) is 4. The molecule has 6 nitrogen and oxygen atoms in total. The summed E-state index contributed by atoms with van der Waals surface area (Å²) in [6.07, 6.45) is 1.40. The highest BCUT2D eigenvalue weighted by Gasteiger charge is 2.33. The molecule has 23 heavy (non-hydrogen) atoms. The molecule has 0 bridgehead atoms. The van der Waals surface area contributed by atoms with E-state index < -0.39 is 10.0 Å². The third kappa shape index (κ3) is 3.84.